The fourth-order valence-electron chi connectivity index (χ4n) is 3.28. The fourth-order valence-corrected chi connectivity index (χ4v) is 3.92. The van der Waals surface area contributed by atoms with Gasteiger partial charge in [-0.2, -0.15) is 5.10 Å². The zero-order chi connectivity index (χ0) is 17.4. The van der Waals surface area contributed by atoms with Crippen molar-refractivity contribution in [3.8, 4) is 0 Å². The van der Waals surface area contributed by atoms with Gasteiger partial charge in [0.1, 0.15) is 0 Å². The third-order valence-electron chi connectivity index (χ3n) is 4.63. The molecule has 1 aliphatic rings. The number of anilines is 2. The summed E-state index contributed by atoms with van der Waals surface area (Å²) < 4.78 is 23.1. The van der Waals surface area contributed by atoms with Crippen molar-refractivity contribution in [2.45, 2.75) is 17.4 Å². The molecule has 7 heteroatoms. The number of hydrogen-bond donors (Lipinski definition) is 2. The van der Waals surface area contributed by atoms with Gasteiger partial charge in [0.05, 0.1) is 16.6 Å². The van der Waals surface area contributed by atoms with Crippen LogP contribution in [0.5, 0.6) is 0 Å². The number of aromatic nitrogens is 2. The molecule has 0 spiro atoms. The van der Waals surface area contributed by atoms with Gasteiger partial charge in [0.25, 0.3) is 0 Å². The van der Waals surface area contributed by atoms with Crippen LogP contribution in [0.1, 0.15) is 6.42 Å². The number of rotatable bonds is 4. The highest BCUT2D eigenvalue weighted by Gasteiger charge is 2.23. The van der Waals surface area contributed by atoms with Crippen LogP contribution in [0.15, 0.2) is 53.6 Å². The third kappa shape index (κ3) is 3.32. The predicted octanol–water partition coefficient (Wildman–Crippen LogP) is 2.66. The Labute approximate surface area is 146 Å². The van der Waals surface area contributed by atoms with E-state index in [1.165, 1.54) is 6.26 Å². The first kappa shape index (κ1) is 16.0. The van der Waals surface area contributed by atoms with Crippen molar-refractivity contribution < 1.29 is 8.42 Å². The van der Waals surface area contributed by atoms with Crippen LogP contribution in [0.3, 0.4) is 0 Å². The quantitative estimate of drug-likeness (QED) is 0.751. The second-order valence-electron chi connectivity index (χ2n) is 6.51. The molecule has 2 heterocycles. The average molecular weight is 356 g/mol. The topological polar surface area (TPSA) is 78.1 Å². The monoisotopic (exact) mass is 356 g/mol. The van der Waals surface area contributed by atoms with Crippen LogP contribution >= 0.6 is 0 Å². The number of aromatic amines is 1. The zero-order valence-electron chi connectivity index (χ0n) is 13.9. The average Bonchev–Trinajstić information content (AvgIpc) is 3.23. The summed E-state index contributed by atoms with van der Waals surface area (Å²) in [6.07, 6.45) is 4.09. The van der Waals surface area contributed by atoms with E-state index in [1.54, 1.807) is 12.1 Å². The van der Waals surface area contributed by atoms with Gasteiger partial charge in [0.2, 0.25) is 0 Å². The maximum absolute atomic E-state index is 11.6. The molecule has 0 bridgehead atoms. The lowest BCUT2D eigenvalue weighted by molar-refractivity contribution is 0.602. The Morgan fingerprint density at radius 1 is 1.20 bits per heavy atom. The largest absolute Gasteiger partial charge is 0.380 e. The lowest BCUT2D eigenvalue weighted by atomic mass is 10.2. The van der Waals surface area contributed by atoms with Gasteiger partial charge in [-0.3, -0.25) is 5.10 Å². The smallest absolute Gasteiger partial charge is 0.175 e. The minimum atomic E-state index is -3.15. The number of nitrogens with zero attached hydrogens (tertiary/aromatic N) is 2. The van der Waals surface area contributed by atoms with Gasteiger partial charge >= 0.3 is 0 Å². The second-order valence-corrected chi connectivity index (χ2v) is 8.53. The van der Waals surface area contributed by atoms with E-state index in [0.717, 1.165) is 41.8 Å². The number of sulfone groups is 1. The number of hydrogen-bond acceptors (Lipinski definition) is 5. The number of H-pyrrole nitrogens is 1. The van der Waals surface area contributed by atoms with Crippen molar-refractivity contribution in [1.29, 1.82) is 0 Å². The van der Waals surface area contributed by atoms with Gasteiger partial charge in [-0.1, -0.05) is 0 Å². The molecule has 1 saturated heterocycles. The van der Waals surface area contributed by atoms with Crippen LogP contribution < -0.4 is 10.2 Å². The van der Waals surface area contributed by atoms with E-state index in [4.69, 9.17) is 0 Å². The molecule has 25 heavy (non-hydrogen) atoms. The highest BCUT2D eigenvalue weighted by Crippen LogP contribution is 2.25. The third-order valence-corrected chi connectivity index (χ3v) is 5.76. The van der Waals surface area contributed by atoms with Crippen LogP contribution in [0, 0.1) is 0 Å². The van der Waals surface area contributed by atoms with E-state index in [2.05, 4.69) is 32.5 Å². The van der Waals surface area contributed by atoms with E-state index in [1.807, 2.05) is 24.4 Å². The lowest BCUT2D eigenvalue weighted by Gasteiger charge is -2.20. The highest BCUT2D eigenvalue weighted by molar-refractivity contribution is 7.90. The van der Waals surface area contributed by atoms with Gasteiger partial charge in [0.15, 0.2) is 9.84 Å². The molecule has 1 aliphatic heterocycles. The summed E-state index contributed by atoms with van der Waals surface area (Å²) in [5, 5.41) is 11.7. The Bertz CT molecular complexity index is 995. The summed E-state index contributed by atoms with van der Waals surface area (Å²) in [4.78, 5) is 2.64. The van der Waals surface area contributed by atoms with Crippen LogP contribution in [-0.2, 0) is 9.84 Å². The van der Waals surface area contributed by atoms with Crippen molar-refractivity contribution in [2.24, 2.45) is 0 Å². The second kappa shape index (κ2) is 6.07. The summed E-state index contributed by atoms with van der Waals surface area (Å²) in [5.74, 6) is 0. The normalized spacial score (nSPS) is 18.0. The summed E-state index contributed by atoms with van der Waals surface area (Å²) in [5.41, 5.74) is 3.18. The molecule has 3 aromatic rings. The SMILES string of the molecule is CS(=O)(=O)c1ccc(N2CCC(Nc3ccc4[nH]ncc4c3)C2)cc1. The Kier molecular flexibility index (Phi) is 3.88. The van der Waals surface area contributed by atoms with E-state index in [0.29, 0.717) is 10.9 Å². The number of benzene rings is 2. The molecule has 1 unspecified atom stereocenters. The van der Waals surface area contributed by atoms with Crippen molar-refractivity contribution in [3.63, 3.8) is 0 Å². The van der Waals surface area contributed by atoms with Crippen molar-refractivity contribution in [1.82, 2.24) is 10.2 Å². The van der Waals surface area contributed by atoms with Crippen molar-refractivity contribution in [2.75, 3.05) is 29.6 Å². The lowest BCUT2D eigenvalue weighted by Crippen LogP contribution is -2.25. The molecule has 2 aromatic carbocycles. The first-order valence-electron chi connectivity index (χ1n) is 8.24. The van der Waals surface area contributed by atoms with Crippen LogP contribution in [0.25, 0.3) is 10.9 Å². The fraction of sp³-hybridized carbons (Fsp3) is 0.278. The maximum Gasteiger partial charge on any atom is 0.175 e. The van der Waals surface area contributed by atoms with Crippen LogP contribution in [0.4, 0.5) is 11.4 Å². The molecule has 0 saturated carbocycles. The van der Waals surface area contributed by atoms with E-state index >= 15 is 0 Å². The van der Waals surface area contributed by atoms with Gasteiger partial charge < -0.3 is 10.2 Å². The Hall–Kier alpha value is -2.54. The van der Waals surface area contributed by atoms with Gasteiger partial charge in [0, 0.05) is 42.1 Å². The van der Waals surface area contributed by atoms with E-state index in [9.17, 15) is 8.42 Å². The van der Waals surface area contributed by atoms with Crippen molar-refractivity contribution >= 4 is 32.1 Å². The molecule has 1 fully saturated rings. The molecular weight excluding hydrogens is 336 g/mol. The molecule has 130 valence electrons. The summed E-state index contributed by atoms with van der Waals surface area (Å²) in [6, 6.07) is 13.7. The summed E-state index contributed by atoms with van der Waals surface area (Å²) in [7, 11) is -3.15. The summed E-state index contributed by atoms with van der Waals surface area (Å²) in [6.45, 7) is 1.84. The first-order valence-corrected chi connectivity index (χ1v) is 10.1. The maximum atomic E-state index is 11.6. The molecule has 2 N–H and O–H groups in total. The minimum absolute atomic E-state index is 0.360. The molecule has 4 rings (SSSR count). The van der Waals surface area contributed by atoms with Crippen molar-refractivity contribution in [3.05, 3.63) is 48.7 Å². The van der Waals surface area contributed by atoms with Gasteiger partial charge in [-0.25, -0.2) is 8.42 Å². The molecule has 0 radical (unpaired) electrons. The Morgan fingerprint density at radius 2 is 2.00 bits per heavy atom. The van der Waals surface area contributed by atoms with Crippen LogP contribution in [0.2, 0.25) is 0 Å². The highest BCUT2D eigenvalue weighted by atomic mass is 32.2. The summed E-state index contributed by atoms with van der Waals surface area (Å²) >= 11 is 0. The Balaban J connectivity index is 1.44. The number of nitrogens with one attached hydrogen (secondary N) is 2. The van der Waals surface area contributed by atoms with Gasteiger partial charge in [-0.05, 0) is 48.9 Å². The standard InChI is InChI=1S/C18H20N4O2S/c1-25(23,24)17-5-3-16(4-6-17)22-9-8-15(12-22)20-14-2-7-18-13(10-14)11-19-21-18/h2-7,10-11,15,20H,8-9,12H2,1H3,(H,19,21). The van der Waals surface area contributed by atoms with Crippen LogP contribution in [-0.4, -0.2) is 44.0 Å². The molecule has 1 aromatic heterocycles. The molecule has 6 nitrogen and oxygen atoms in total. The molecule has 0 aliphatic carbocycles. The predicted molar refractivity (Wildman–Crippen MR) is 99.9 cm³/mol. The minimum Gasteiger partial charge on any atom is -0.380 e. The zero-order valence-corrected chi connectivity index (χ0v) is 14.8. The van der Waals surface area contributed by atoms with E-state index in [-0.39, 0.29) is 0 Å². The first-order chi connectivity index (χ1) is 12.0. The number of fused-ring (bicyclic) bond motifs is 1. The van der Waals surface area contributed by atoms with Gasteiger partial charge in [-0.15, -0.1) is 0 Å². The molecule has 0 amide bonds. The molecule has 1 atom stereocenters. The van der Waals surface area contributed by atoms with E-state index < -0.39 is 9.84 Å². The molecular formula is C18H20N4O2S. The Morgan fingerprint density at radius 3 is 2.76 bits per heavy atom.